The number of rotatable bonds is 7. The molecule has 7 heteroatoms. The Morgan fingerprint density at radius 2 is 1.97 bits per heavy atom. The lowest BCUT2D eigenvalue weighted by Crippen LogP contribution is -2.41. The Bertz CT molecular complexity index is 1150. The van der Waals surface area contributed by atoms with Crippen molar-refractivity contribution in [3.05, 3.63) is 93.2 Å². The van der Waals surface area contributed by atoms with Gasteiger partial charge in [-0.15, -0.1) is 0 Å². The van der Waals surface area contributed by atoms with Crippen LogP contribution in [0.4, 0.5) is 0 Å². The minimum absolute atomic E-state index is 0.0593. The van der Waals surface area contributed by atoms with E-state index < -0.39 is 0 Å². The van der Waals surface area contributed by atoms with Gasteiger partial charge in [-0.2, -0.15) is 0 Å². The van der Waals surface area contributed by atoms with Crippen LogP contribution >= 0.6 is 0 Å². The van der Waals surface area contributed by atoms with Gasteiger partial charge in [0.25, 0.3) is 17.4 Å². The molecule has 0 fully saturated rings. The van der Waals surface area contributed by atoms with Gasteiger partial charge in [0.1, 0.15) is 5.56 Å². The summed E-state index contributed by atoms with van der Waals surface area (Å²) >= 11 is 0. The van der Waals surface area contributed by atoms with Crippen molar-refractivity contribution in [3.63, 3.8) is 0 Å². The molecule has 1 aliphatic heterocycles. The van der Waals surface area contributed by atoms with E-state index in [0.29, 0.717) is 44.6 Å². The van der Waals surface area contributed by atoms with E-state index in [4.69, 9.17) is 0 Å². The predicted octanol–water partition coefficient (Wildman–Crippen LogP) is 2.76. The van der Waals surface area contributed by atoms with Crippen molar-refractivity contribution < 1.29 is 9.59 Å². The molecule has 0 unspecified atom stereocenters. The molecule has 0 aliphatic carbocycles. The van der Waals surface area contributed by atoms with Gasteiger partial charge in [0, 0.05) is 44.8 Å². The number of fused-ring (bicyclic) bond motifs is 1. The number of carbonyl (C=O) groups excluding carboxylic acids is 2. The summed E-state index contributed by atoms with van der Waals surface area (Å²) in [6, 6.07) is 11.7. The first-order chi connectivity index (χ1) is 15.6. The van der Waals surface area contributed by atoms with Gasteiger partial charge in [-0.3, -0.25) is 14.4 Å². The van der Waals surface area contributed by atoms with Crippen molar-refractivity contribution in [3.8, 4) is 0 Å². The SMILES string of the molecule is CCCNC(=O)c1c2c(cn(CCc3ccccc3)c1=O)CN(C(=O)c1cc[nH]c1)CC2. The van der Waals surface area contributed by atoms with Crippen molar-refractivity contribution in [2.24, 2.45) is 0 Å². The van der Waals surface area contributed by atoms with Gasteiger partial charge in [0.05, 0.1) is 5.56 Å². The van der Waals surface area contributed by atoms with Gasteiger partial charge < -0.3 is 19.8 Å². The number of nitrogens with zero attached hydrogens (tertiary/aromatic N) is 2. The average Bonchev–Trinajstić information content (AvgIpc) is 3.36. The summed E-state index contributed by atoms with van der Waals surface area (Å²) in [5, 5.41) is 2.86. The number of carbonyl (C=O) groups is 2. The predicted molar refractivity (Wildman–Crippen MR) is 123 cm³/mol. The first-order valence-corrected chi connectivity index (χ1v) is 11.1. The molecule has 1 aliphatic rings. The fourth-order valence-corrected chi connectivity index (χ4v) is 4.15. The minimum Gasteiger partial charge on any atom is -0.367 e. The number of aromatic amines is 1. The average molecular weight is 433 g/mol. The number of H-pyrrole nitrogens is 1. The highest BCUT2D eigenvalue weighted by Gasteiger charge is 2.28. The fourth-order valence-electron chi connectivity index (χ4n) is 4.15. The van der Waals surface area contributed by atoms with Crippen LogP contribution in [0.5, 0.6) is 0 Å². The Balaban J connectivity index is 1.67. The van der Waals surface area contributed by atoms with Crippen LogP contribution in [0.15, 0.2) is 59.8 Å². The largest absolute Gasteiger partial charge is 0.367 e. The van der Waals surface area contributed by atoms with E-state index in [0.717, 1.165) is 23.1 Å². The molecule has 2 aromatic heterocycles. The molecule has 0 atom stereocenters. The molecule has 2 N–H and O–H groups in total. The van der Waals surface area contributed by atoms with Crippen LogP contribution in [0.1, 0.15) is 50.8 Å². The Kier molecular flexibility index (Phi) is 6.54. The highest BCUT2D eigenvalue weighted by atomic mass is 16.2. The quantitative estimate of drug-likeness (QED) is 0.602. The zero-order valence-corrected chi connectivity index (χ0v) is 18.3. The molecule has 0 saturated heterocycles. The molecule has 0 bridgehead atoms. The summed E-state index contributed by atoms with van der Waals surface area (Å²) < 4.78 is 1.62. The van der Waals surface area contributed by atoms with Gasteiger partial charge in [-0.25, -0.2) is 0 Å². The van der Waals surface area contributed by atoms with Gasteiger partial charge >= 0.3 is 0 Å². The summed E-state index contributed by atoms with van der Waals surface area (Å²) in [6.07, 6.45) is 7.19. The van der Waals surface area contributed by atoms with Crippen molar-refractivity contribution >= 4 is 11.8 Å². The van der Waals surface area contributed by atoms with Crippen LogP contribution in [0, 0.1) is 0 Å². The minimum atomic E-state index is -0.326. The summed E-state index contributed by atoms with van der Waals surface area (Å²) in [4.78, 5) is 43.7. The third-order valence-corrected chi connectivity index (χ3v) is 5.85. The molecular weight excluding hydrogens is 404 g/mol. The van der Waals surface area contributed by atoms with E-state index in [1.165, 1.54) is 0 Å². The second-order valence-corrected chi connectivity index (χ2v) is 8.07. The van der Waals surface area contributed by atoms with Crippen LogP contribution in [-0.2, 0) is 25.9 Å². The number of benzene rings is 1. The topological polar surface area (TPSA) is 87.2 Å². The number of aryl methyl sites for hydroxylation is 2. The van der Waals surface area contributed by atoms with Gasteiger partial charge in [0.2, 0.25) is 0 Å². The molecule has 7 nitrogen and oxygen atoms in total. The normalized spacial score (nSPS) is 13.0. The lowest BCUT2D eigenvalue weighted by Gasteiger charge is -2.30. The van der Waals surface area contributed by atoms with E-state index in [-0.39, 0.29) is 22.9 Å². The zero-order chi connectivity index (χ0) is 22.5. The van der Waals surface area contributed by atoms with Crippen LogP contribution in [-0.4, -0.2) is 39.4 Å². The van der Waals surface area contributed by atoms with E-state index in [2.05, 4.69) is 10.3 Å². The second kappa shape index (κ2) is 9.68. The van der Waals surface area contributed by atoms with Crippen molar-refractivity contribution in [2.75, 3.05) is 13.1 Å². The Morgan fingerprint density at radius 3 is 2.69 bits per heavy atom. The third kappa shape index (κ3) is 4.51. The molecule has 0 spiro atoms. The molecule has 0 radical (unpaired) electrons. The number of pyridine rings is 1. The fraction of sp³-hybridized carbons (Fsp3) is 0.320. The molecule has 3 aromatic rings. The maximum atomic E-state index is 13.3. The van der Waals surface area contributed by atoms with E-state index >= 15 is 0 Å². The highest BCUT2D eigenvalue weighted by molar-refractivity contribution is 5.96. The summed E-state index contributed by atoms with van der Waals surface area (Å²) in [5.74, 6) is -0.386. The Hall–Kier alpha value is -3.61. The standard InChI is InChI=1S/C25H28N4O3/c1-2-11-27-23(30)22-21-10-14-28(24(31)19-8-12-26-15-19)16-20(21)17-29(25(22)32)13-9-18-6-4-3-5-7-18/h3-8,12,15,17,26H,2,9-11,13-14,16H2,1H3,(H,27,30). The smallest absolute Gasteiger partial charge is 0.263 e. The van der Waals surface area contributed by atoms with Gasteiger partial charge in [0.15, 0.2) is 0 Å². The molecule has 166 valence electrons. The van der Waals surface area contributed by atoms with Crippen LogP contribution in [0.25, 0.3) is 0 Å². The van der Waals surface area contributed by atoms with Crippen LogP contribution < -0.4 is 10.9 Å². The van der Waals surface area contributed by atoms with Crippen molar-refractivity contribution in [2.45, 2.75) is 39.3 Å². The van der Waals surface area contributed by atoms with Crippen molar-refractivity contribution in [1.82, 2.24) is 19.8 Å². The van der Waals surface area contributed by atoms with Gasteiger partial charge in [-0.1, -0.05) is 37.3 Å². The van der Waals surface area contributed by atoms with E-state index in [9.17, 15) is 14.4 Å². The molecule has 32 heavy (non-hydrogen) atoms. The number of hydrogen-bond acceptors (Lipinski definition) is 3. The number of amides is 2. The van der Waals surface area contributed by atoms with Crippen LogP contribution in [0.3, 0.4) is 0 Å². The molecule has 1 aromatic carbocycles. The maximum Gasteiger partial charge on any atom is 0.263 e. The zero-order valence-electron chi connectivity index (χ0n) is 18.3. The summed E-state index contributed by atoms with van der Waals surface area (Å²) in [5.41, 5.74) is 3.30. The second-order valence-electron chi connectivity index (χ2n) is 8.07. The highest BCUT2D eigenvalue weighted by Crippen LogP contribution is 2.22. The summed E-state index contributed by atoms with van der Waals surface area (Å²) in [6.45, 7) is 3.81. The molecule has 2 amide bonds. The first kappa shape index (κ1) is 21.6. The molecule has 4 rings (SSSR count). The molecular formula is C25H28N4O3. The lowest BCUT2D eigenvalue weighted by atomic mass is 9.95. The number of aromatic nitrogens is 2. The number of nitrogens with one attached hydrogen (secondary N) is 2. The number of hydrogen-bond donors (Lipinski definition) is 2. The lowest BCUT2D eigenvalue weighted by molar-refractivity contribution is 0.0734. The van der Waals surface area contributed by atoms with Gasteiger partial charge in [-0.05, 0) is 42.0 Å². The van der Waals surface area contributed by atoms with E-state index in [1.807, 2.05) is 43.5 Å². The first-order valence-electron chi connectivity index (χ1n) is 11.1. The maximum absolute atomic E-state index is 13.3. The van der Waals surface area contributed by atoms with E-state index in [1.54, 1.807) is 27.9 Å². The Morgan fingerprint density at radius 1 is 1.16 bits per heavy atom. The van der Waals surface area contributed by atoms with Crippen LogP contribution in [0.2, 0.25) is 0 Å². The Labute approximate surface area is 187 Å². The molecule has 0 saturated carbocycles. The third-order valence-electron chi connectivity index (χ3n) is 5.85. The molecule has 3 heterocycles. The van der Waals surface area contributed by atoms with Crippen molar-refractivity contribution in [1.29, 1.82) is 0 Å². The summed E-state index contributed by atoms with van der Waals surface area (Å²) in [7, 11) is 0. The monoisotopic (exact) mass is 432 g/mol.